The lowest BCUT2D eigenvalue weighted by atomic mass is 9.87. The number of aryl methyl sites for hydroxylation is 2. The summed E-state index contributed by atoms with van der Waals surface area (Å²) in [5.74, 6) is 5.36. The van der Waals surface area contributed by atoms with Crippen LogP contribution in [-0.2, 0) is 30.5 Å². The predicted molar refractivity (Wildman–Crippen MR) is 223 cm³/mol. The number of hydrogen-bond acceptors (Lipinski definition) is 14. The second-order valence-electron chi connectivity index (χ2n) is 15.6. The van der Waals surface area contributed by atoms with Crippen LogP contribution in [0.4, 0.5) is 0 Å². The van der Waals surface area contributed by atoms with E-state index < -0.39 is 6.10 Å². The van der Waals surface area contributed by atoms with Gasteiger partial charge in [0.2, 0.25) is 25.1 Å². The van der Waals surface area contributed by atoms with Gasteiger partial charge in [-0.2, -0.15) is 0 Å². The van der Waals surface area contributed by atoms with E-state index in [-0.39, 0.29) is 43.0 Å². The van der Waals surface area contributed by atoms with Crippen LogP contribution in [0.5, 0.6) is 57.5 Å². The number of methoxy groups -OCH3 is 4. The summed E-state index contributed by atoms with van der Waals surface area (Å²) in [5.41, 5.74) is 6.42. The van der Waals surface area contributed by atoms with Crippen molar-refractivity contribution in [1.29, 1.82) is 0 Å². The zero-order valence-electron chi connectivity index (χ0n) is 35.2. The van der Waals surface area contributed by atoms with Gasteiger partial charge in [-0.3, -0.25) is 14.6 Å². The first-order valence-electron chi connectivity index (χ1n) is 20.3. The van der Waals surface area contributed by atoms with Crippen LogP contribution in [0.3, 0.4) is 0 Å². The highest BCUT2D eigenvalue weighted by molar-refractivity contribution is 5.80. The highest BCUT2D eigenvalue weighted by Crippen LogP contribution is 2.51. The first kappa shape index (κ1) is 42.6. The van der Waals surface area contributed by atoms with Crippen LogP contribution in [0.2, 0.25) is 0 Å². The summed E-state index contributed by atoms with van der Waals surface area (Å²) < 4.78 is 44.2. The average molecular weight is 829 g/mol. The molecule has 14 heteroatoms. The molecule has 3 N–H and O–H groups in total. The molecule has 4 aliphatic heterocycles. The predicted octanol–water partition coefficient (Wildman–Crippen LogP) is 6.31. The molecular weight excluding hydrogens is 773 g/mol. The van der Waals surface area contributed by atoms with E-state index in [4.69, 9.17) is 37.9 Å². The van der Waals surface area contributed by atoms with Crippen molar-refractivity contribution >= 4 is 5.78 Å². The van der Waals surface area contributed by atoms with Gasteiger partial charge in [-0.05, 0) is 111 Å². The van der Waals surface area contributed by atoms with Crippen molar-refractivity contribution in [3.63, 3.8) is 0 Å². The molecule has 0 spiro atoms. The zero-order chi connectivity index (χ0) is 42.5. The minimum Gasteiger partial charge on any atom is -0.504 e. The molecule has 0 amide bonds. The number of carbonyl (C=O) groups is 1. The molecule has 0 aromatic heterocycles. The van der Waals surface area contributed by atoms with Gasteiger partial charge in [-0.15, -0.1) is 0 Å². The summed E-state index contributed by atoms with van der Waals surface area (Å²) in [7, 11) is 10.4. The van der Waals surface area contributed by atoms with Gasteiger partial charge < -0.3 is 53.2 Å². The molecule has 0 fully saturated rings. The number of ether oxygens (including phenoxy) is 8. The number of carbonyl (C=O) groups excluding carboxylic acids is 1. The SMILES string of the molecule is COc1cc(CCC(=O)CC2c3c(cc4c(c3OC)OCO4)CCN2C)ccc1O.COc1cc(CCC(O)CC2c3c(cc4c(c3OC)OCO4)CCN2C)ccc1O. The quantitative estimate of drug-likeness (QED) is 0.130. The number of aromatic hydroxyl groups is 2. The van der Waals surface area contributed by atoms with Crippen LogP contribution in [-0.4, -0.2) is 106 Å². The number of benzene rings is 4. The third kappa shape index (κ3) is 8.96. The summed E-state index contributed by atoms with van der Waals surface area (Å²) in [5, 5.41) is 30.3. The average Bonchev–Trinajstić information content (AvgIpc) is 3.93. The molecule has 322 valence electrons. The first-order chi connectivity index (χ1) is 29.0. The van der Waals surface area contributed by atoms with Gasteiger partial charge in [-0.25, -0.2) is 0 Å². The fourth-order valence-corrected chi connectivity index (χ4v) is 8.67. The van der Waals surface area contributed by atoms with Crippen molar-refractivity contribution in [1.82, 2.24) is 9.80 Å². The van der Waals surface area contributed by atoms with E-state index in [1.165, 1.54) is 19.8 Å². The van der Waals surface area contributed by atoms with E-state index in [9.17, 15) is 20.1 Å². The molecule has 0 saturated carbocycles. The fraction of sp³-hybridized carbons (Fsp3) is 0.457. The molecule has 3 atom stereocenters. The number of phenolic OH excluding ortho intramolecular Hbond substituents is 2. The number of ketones is 1. The third-order valence-electron chi connectivity index (χ3n) is 12.0. The second-order valence-corrected chi connectivity index (χ2v) is 15.6. The topological polar surface area (TPSA) is 158 Å². The second kappa shape index (κ2) is 18.8. The Bertz CT molecular complexity index is 2180. The maximum absolute atomic E-state index is 12.9. The van der Waals surface area contributed by atoms with Crippen LogP contribution in [0.1, 0.15) is 71.1 Å². The van der Waals surface area contributed by atoms with Crippen LogP contribution >= 0.6 is 0 Å². The Morgan fingerprint density at radius 2 is 1.20 bits per heavy atom. The summed E-state index contributed by atoms with van der Waals surface area (Å²) in [4.78, 5) is 17.4. The number of aliphatic hydroxyl groups excluding tert-OH is 1. The molecule has 4 heterocycles. The molecule has 60 heavy (non-hydrogen) atoms. The van der Waals surface area contributed by atoms with Gasteiger partial charge in [0, 0.05) is 49.1 Å². The van der Waals surface area contributed by atoms with Crippen LogP contribution in [0.15, 0.2) is 48.5 Å². The van der Waals surface area contributed by atoms with E-state index in [1.807, 2.05) is 31.3 Å². The van der Waals surface area contributed by atoms with Gasteiger partial charge in [0.25, 0.3) is 0 Å². The molecule has 4 aromatic rings. The standard InChI is InChI=1S/C23H29NO6.C23H27NO6/c2*1-24-9-8-15-11-20-22(30-13-29-20)23(28-3)21(15)17(24)12-16(25)6-4-14-5-7-18(26)19(10-14)27-2/h5,7,10-11,16-17,25-26H,4,6,8-9,12-13H2,1-3H3;5,7,10-11,17,26H,4,6,8-9,12-13H2,1-3H3. The highest BCUT2D eigenvalue weighted by Gasteiger charge is 2.36. The highest BCUT2D eigenvalue weighted by atomic mass is 16.7. The first-order valence-corrected chi connectivity index (χ1v) is 20.3. The minimum absolute atomic E-state index is 0.0301. The smallest absolute Gasteiger partial charge is 0.231 e. The molecule has 8 rings (SSSR count). The van der Waals surface area contributed by atoms with E-state index in [2.05, 4.69) is 22.9 Å². The molecule has 0 aliphatic carbocycles. The number of Topliss-reactive ketones (excluding diaryl/α,β-unsaturated/α-hetero) is 1. The van der Waals surface area contributed by atoms with E-state index in [0.29, 0.717) is 78.8 Å². The third-order valence-corrected chi connectivity index (χ3v) is 12.0. The molecule has 0 radical (unpaired) electrons. The summed E-state index contributed by atoms with van der Waals surface area (Å²) in [6.45, 7) is 2.16. The summed E-state index contributed by atoms with van der Waals surface area (Å²) in [6.07, 6.45) is 4.59. The maximum atomic E-state index is 12.9. The summed E-state index contributed by atoms with van der Waals surface area (Å²) in [6, 6.07) is 14.5. The minimum atomic E-state index is -0.488. The lowest BCUT2D eigenvalue weighted by Crippen LogP contribution is -2.34. The number of aliphatic hydroxyl groups is 1. The van der Waals surface area contributed by atoms with Gasteiger partial charge in [0.05, 0.1) is 34.5 Å². The molecule has 14 nitrogen and oxygen atoms in total. The Kier molecular flexibility index (Phi) is 13.3. The number of likely N-dealkylation sites (N-methyl/N-ethyl adjacent to an activating group) is 2. The lowest BCUT2D eigenvalue weighted by molar-refractivity contribution is -0.120. The Morgan fingerprint density at radius 1 is 0.700 bits per heavy atom. The molecule has 3 unspecified atom stereocenters. The Labute approximate surface area is 351 Å². The zero-order valence-corrected chi connectivity index (χ0v) is 35.2. The largest absolute Gasteiger partial charge is 0.504 e. The summed E-state index contributed by atoms with van der Waals surface area (Å²) >= 11 is 0. The normalized spacial score (nSPS) is 18.1. The fourth-order valence-electron chi connectivity index (χ4n) is 8.67. The number of fused-ring (bicyclic) bond motifs is 4. The van der Waals surface area contributed by atoms with Crippen molar-refractivity contribution in [3.8, 4) is 57.5 Å². The van der Waals surface area contributed by atoms with E-state index in [1.54, 1.807) is 32.4 Å². The monoisotopic (exact) mass is 828 g/mol. The van der Waals surface area contributed by atoms with Gasteiger partial charge in [0.15, 0.2) is 46.0 Å². The molecule has 4 aromatic carbocycles. The molecule has 0 bridgehead atoms. The van der Waals surface area contributed by atoms with Gasteiger partial charge in [0.1, 0.15) is 5.78 Å². The molecule has 4 aliphatic rings. The lowest BCUT2D eigenvalue weighted by Gasteiger charge is -2.37. The van der Waals surface area contributed by atoms with Crippen molar-refractivity contribution in [3.05, 3.63) is 81.9 Å². The van der Waals surface area contributed by atoms with Gasteiger partial charge in [-0.1, -0.05) is 12.1 Å². The Hall–Kier alpha value is -5.57. The van der Waals surface area contributed by atoms with E-state index in [0.717, 1.165) is 59.5 Å². The van der Waals surface area contributed by atoms with Crippen molar-refractivity contribution < 1.29 is 58.0 Å². The van der Waals surface area contributed by atoms with Crippen molar-refractivity contribution in [2.24, 2.45) is 0 Å². The maximum Gasteiger partial charge on any atom is 0.231 e. The van der Waals surface area contributed by atoms with Crippen LogP contribution in [0, 0.1) is 0 Å². The number of hydrogen-bond donors (Lipinski definition) is 3. The van der Waals surface area contributed by atoms with Crippen LogP contribution < -0.4 is 37.9 Å². The number of rotatable bonds is 14. The Balaban J connectivity index is 0.000000181. The molecule has 0 saturated heterocycles. The van der Waals surface area contributed by atoms with Crippen LogP contribution in [0.25, 0.3) is 0 Å². The van der Waals surface area contributed by atoms with Gasteiger partial charge >= 0.3 is 0 Å². The Morgan fingerprint density at radius 3 is 1.72 bits per heavy atom. The molecular formula is C46H56N2O12. The van der Waals surface area contributed by atoms with Crippen molar-refractivity contribution in [2.45, 2.75) is 69.6 Å². The van der Waals surface area contributed by atoms with Crippen molar-refractivity contribution in [2.75, 3.05) is 69.2 Å². The number of phenols is 2. The number of nitrogens with zero attached hydrogens (tertiary/aromatic N) is 2. The van der Waals surface area contributed by atoms with E-state index >= 15 is 0 Å².